The molecule has 2 aromatic rings. The van der Waals surface area contributed by atoms with Crippen LogP contribution in [0.5, 0.6) is 5.75 Å². The number of amides is 1. The summed E-state index contributed by atoms with van der Waals surface area (Å²) in [7, 11) is -1.58. The Morgan fingerprint density at radius 1 is 1.14 bits per heavy atom. The number of benzene rings is 2. The van der Waals surface area contributed by atoms with Gasteiger partial charge >= 0.3 is 0 Å². The second-order valence-corrected chi connectivity index (χ2v) is 8.86. The van der Waals surface area contributed by atoms with Crippen molar-refractivity contribution in [2.75, 3.05) is 30.3 Å². The zero-order valence-corrected chi connectivity index (χ0v) is 17.1. The van der Waals surface area contributed by atoms with E-state index in [1.54, 1.807) is 36.2 Å². The third-order valence-corrected chi connectivity index (χ3v) is 6.63. The van der Waals surface area contributed by atoms with Crippen molar-refractivity contribution in [1.82, 2.24) is 4.90 Å². The first-order valence-corrected chi connectivity index (χ1v) is 11.1. The molecule has 0 atom stereocenters. The Bertz CT molecular complexity index is 943. The topological polar surface area (TPSA) is 66.9 Å². The Morgan fingerprint density at radius 2 is 1.93 bits per heavy atom. The molecule has 0 bridgehead atoms. The minimum absolute atomic E-state index is 0.152. The van der Waals surface area contributed by atoms with Gasteiger partial charge < -0.3 is 9.64 Å². The van der Waals surface area contributed by atoms with Crippen molar-refractivity contribution in [3.8, 4) is 5.75 Å². The highest BCUT2D eigenvalue weighted by atomic mass is 32.2. The lowest BCUT2D eigenvalue weighted by Gasteiger charge is -2.28. The van der Waals surface area contributed by atoms with Gasteiger partial charge in [-0.3, -0.25) is 9.10 Å². The van der Waals surface area contributed by atoms with Gasteiger partial charge in [0, 0.05) is 31.3 Å². The normalized spacial score (nSPS) is 15.9. The monoisotopic (exact) mass is 402 g/mol. The van der Waals surface area contributed by atoms with Gasteiger partial charge in [0.2, 0.25) is 10.0 Å². The summed E-state index contributed by atoms with van der Waals surface area (Å²) in [5.74, 6) is 0.750. The molecule has 1 fully saturated rings. The Hall–Kier alpha value is -2.54. The first kappa shape index (κ1) is 20.2. The Labute approximate surface area is 166 Å². The summed E-state index contributed by atoms with van der Waals surface area (Å²) >= 11 is 0. The maximum atomic E-state index is 12.9. The van der Waals surface area contributed by atoms with Crippen LogP contribution in [0.4, 0.5) is 5.69 Å². The zero-order valence-electron chi connectivity index (χ0n) is 16.3. The Balaban J connectivity index is 1.79. The summed E-state index contributed by atoms with van der Waals surface area (Å²) in [5.41, 5.74) is 1.94. The van der Waals surface area contributed by atoms with Gasteiger partial charge in [-0.1, -0.05) is 24.3 Å². The third kappa shape index (κ3) is 4.47. The lowest BCUT2D eigenvalue weighted by molar-refractivity contribution is 0.0784. The van der Waals surface area contributed by atoms with Crippen molar-refractivity contribution in [3.05, 3.63) is 59.7 Å². The molecule has 6 nitrogen and oxygen atoms in total. The van der Waals surface area contributed by atoms with Crippen LogP contribution in [0.25, 0.3) is 0 Å². The van der Waals surface area contributed by atoms with Gasteiger partial charge in [0.15, 0.2) is 0 Å². The zero-order chi connectivity index (χ0) is 20.1. The summed E-state index contributed by atoms with van der Waals surface area (Å²) in [6, 6.07) is 14.5. The van der Waals surface area contributed by atoms with Crippen molar-refractivity contribution < 1.29 is 17.9 Å². The van der Waals surface area contributed by atoms with Crippen LogP contribution in [0.1, 0.15) is 35.7 Å². The van der Waals surface area contributed by atoms with Gasteiger partial charge in [0.25, 0.3) is 5.91 Å². The molecule has 0 unspecified atom stereocenters. The maximum Gasteiger partial charge on any atom is 0.253 e. The van der Waals surface area contributed by atoms with E-state index in [2.05, 4.69) is 0 Å². The molecule has 0 aliphatic carbocycles. The molecule has 0 N–H and O–H groups in total. The maximum absolute atomic E-state index is 12.9. The second kappa shape index (κ2) is 8.65. The molecule has 150 valence electrons. The largest absolute Gasteiger partial charge is 0.494 e. The van der Waals surface area contributed by atoms with E-state index in [-0.39, 0.29) is 11.7 Å². The van der Waals surface area contributed by atoms with E-state index >= 15 is 0 Å². The number of hydrogen-bond donors (Lipinski definition) is 0. The van der Waals surface area contributed by atoms with Crippen LogP contribution in [-0.4, -0.2) is 45.2 Å². The summed E-state index contributed by atoms with van der Waals surface area (Å²) in [6.45, 7) is 3.34. The predicted molar refractivity (Wildman–Crippen MR) is 110 cm³/mol. The van der Waals surface area contributed by atoms with Gasteiger partial charge in [0.05, 0.1) is 18.0 Å². The molecule has 0 spiro atoms. The second-order valence-electron chi connectivity index (χ2n) is 6.85. The Kier molecular flexibility index (Phi) is 6.24. The fourth-order valence-corrected chi connectivity index (χ4v) is 4.98. The quantitative estimate of drug-likeness (QED) is 0.744. The van der Waals surface area contributed by atoms with Crippen molar-refractivity contribution in [1.29, 1.82) is 0 Å². The van der Waals surface area contributed by atoms with E-state index in [1.807, 2.05) is 31.2 Å². The van der Waals surface area contributed by atoms with Crippen molar-refractivity contribution >= 4 is 21.6 Å². The average molecular weight is 403 g/mol. The molecule has 1 heterocycles. The highest BCUT2D eigenvalue weighted by molar-refractivity contribution is 7.92. The molecular formula is C21H26N2O4S. The molecule has 1 aliphatic heterocycles. The molecule has 2 aromatic carbocycles. The van der Waals surface area contributed by atoms with Crippen molar-refractivity contribution in [3.63, 3.8) is 0 Å². The van der Waals surface area contributed by atoms with Crippen LogP contribution in [-0.2, 0) is 16.6 Å². The lowest BCUT2D eigenvalue weighted by Crippen LogP contribution is -2.38. The summed E-state index contributed by atoms with van der Waals surface area (Å²) in [6.07, 6.45) is 1.50. The molecule has 0 radical (unpaired) electrons. The van der Waals surface area contributed by atoms with E-state index in [9.17, 15) is 13.2 Å². The van der Waals surface area contributed by atoms with Crippen molar-refractivity contribution in [2.24, 2.45) is 0 Å². The lowest BCUT2D eigenvalue weighted by atomic mass is 10.1. The number of carbonyl (C=O) groups is 1. The molecule has 1 saturated heterocycles. The minimum atomic E-state index is -3.31. The SMILES string of the molecule is CCOc1ccccc1CN(C)C(=O)c1cccc(N2CCCCS2(=O)=O)c1. The number of nitrogens with zero attached hydrogens (tertiary/aromatic N) is 2. The summed E-state index contributed by atoms with van der Waals surface area (Å²) in [4.78, 5) is 14.5. The number of ether oxygens (including phenoxy) is 1. The van der Waals surface area contributed by atoms with Crippen LogP contribution >= 0.6 is 0 Å². The molecule has 1 amide bonds. The third-order valence-electron chi connectivity index (χ3n) is 4.76. The summed E-state index contributed by atoms with van der Waals surface area (Å²) < 4.78 is 31.8. The smallest absolute Gasteiger partial charge is 0.253 e. The Morgan fingerprint density at radius 3 is 2.68 bits per heavy atom. The number of rotatable bonds is 6. The van der Waals surface area contributed by atoms with Gasteiger partial charge in [0.1, 0.15) is 5.75 Å². The molecule has 1 aliphatic rings. The van der Waals surface area contributed by atoms with Gasteiger partial charge in [-0.15, -0.1) is 0 Å². The molecule has 0 aromatic heterocycles. The van der Waals surface area contributed by atoms with Crippen LogP contribution in [0.2, 0.25) is 0 Å². The first-order chi connectivity index (χ1) is 13.4. The molecular weight excluding hydrogens is 376 g/mol. The standard InChI is InChI=1S/C21H26N2O4S/c1-3-27-20-12-5-4-9-18(20)16-22(2)21(24)17-10-8-11-19(15-17)23-13-6-7-14-28(23,25)26/h4-5,8-12,15H,3,6-7,13-14,16H2,1-2H3. The van der Waals surface area contributed by atoms with Gasteiger partial charge in [-0.25, -0.2) is 8.42 Å². The fourth-order valence-electron chi connectivity index (χ4n) is 3.35. The molecule has 3 rings (SSSR count). The molecule has 0 saturated carbocycles. The first-order valence-electron chi connectivity index (χ1n) is 9.49. The van der Waals surface area contributed by atoms with Crippen LogP contribution in [0.15, 0.2) is 48.5 Å². The number of para-hydroxylation sites is 1. The minimum Gasteiger partial charge on any atom is -0.494 e. The van der Waals surface area contributed by atoms with Crippen LogP contribution in [0.3, 0.4) is 0 Å². The average Bonchev–Trinajstić information content (AvgIpc) is 2.69. The number of sulfonamides is 1. The molecule has 7 heteroatoms. The molecule has 28 heavy (non-hydrogen) atoms. The highest BCUT2D eigenvalue weighted by Gasteiger charge is 2.26. The van der Waals surface area contributed by atoms with E-state index in [4.69, 9.17) is 4.74 Å². The van der Waals surface area contributed by atoms with Crippen LogP contribution in [0, 0.1) is 0 Å². The predicted octanol–water partition coefficient (Wildman–Crippen LogP) is 3.29. The highest BCUT2D eigenvalue weighted by Crippen LogP contribution is 2.25. The number of carbonyl (C=O) groups excluding carboxylic acids is 1. The van der Waals surface area contributed by atoms with Crippen LogP contribution < -0.4 is 9.04 Å². The van der Waals surface area contributed by atoms with Gasteiger partial charge in [-0.05, 0) is 44.0 Å². The van der Waals surface area contributed by atoms with E-state index in [0.717, 1.165) is 17.7 Å². The van der Waals surface area contributed by atoms with E-state index in [1.165, 1.54) is 4.31 Å². The van der Waals surface area contributed by atoms with Crippen molar-refractivity contribution in [2.45, 2.75) is 26.3 Å². The number of anilines is 1. The summed E-state index contributed by atoms with van der Waals surface area (Å²) in [5, 5.41) is 0. The number of hydrogen-bond acceptors (Lipinski definition) is 4. The van der Waals surface area contributed by atoms with Gasteiger partial charge in [-0.2, -0.15) is 0 Å². The van der Waals surface area contributed by atoms with E-state index in [0.29, 0.717) is 37.4 Å². The fraction of sp³-hybridized carbons (Fsp3) is 0.381. The van der Waals surface area contributed by atoms with E-state index < -0.39 is 10.0 Å².